The smallest absolute Gasteiger partial charge is 0.390 e. The van der Waals surface area contributed by atoms with Crippen LogP contribution in [0.5, 0.6) is 0 Å². The standard InChI is InChI=1S/C8H10F3NO3/c1-2-3-5-6(13)4-12(5)15-7(14)8(9,10)11/h2,5-6,13H,1,3-4H2/t5-,6-/m0/s1. The van der Waals surface area contributed by atoms with E-state index in [1.807, 2.05) is 0 Å². The quantitative estimate of drug-likeness (QED) is 0.715. The van der Waals surface area contributed by atoms with Crippen molar-refractivity contribution < 1.29 is 27.9 Å². The van der Waals surface area contributed by atoms with E-state index in [1.54, 1.807) is 0 Å². The Hall–Kier alpha value is -1.08. The summed E-state index contributed by atoms with van der Waals surface area (Å²) in [6, 6.07) is -0.631. The lowest BCUT2D eigenvalue weighted by Crippen LogP contribution is -2.60. The third-order valence-electron chi connectivity index (χ3n) is 2.02. The minimum absolute atomic E-state index is 0.111. The molecule has 0 amide bonds. The van der Waals surface area contributed by atoms with Crippen LogP contribution in [0.25, 0.3) is 0 Å². The van der Waals surface area contributed by atoms with E-state index >= 15 is 0 Å². The summed E-state index contributed by atoms with van der Waals surface area (Å²) in [5.41, 5.74) is 0. The maximum absolute atomic E-state index is 11.8. The number of carbonyl (C=O) groups is 1. The molecule has 1 aliphatic rings. The predicted octanol–water partition coefficient (Wildman–Crippen LogP) is 0.628. The van der Waals surface area contributed by atoms with Crippen LogP contribution < -0.4 is 0 Å². The zero-order valence-electron chi connectivity index (χ0n) is 7.70. The molecule has 1 aliphatic heterocycles. The first-order valence-corrected chi connectivity index (χ1v) is 4.21. The van der Waals surface area contributed by atoms with Gasteiger partial charge in [0.05, 0.1) is 18.7 Å². The summed E-state index contributed by atoms with van der Waals surface area (Å²) < 4.78 is 35.4. The first-order valence-electron chi connectivity index (χ1n) is 4.21. The Kier molecular flexibility index (Phi) is 3.35. The maximum Gasteiger partial charge on any atom is 0.492 e. The van der Waals surface area contributed by atoms with Crippen molar-refractivity contribution >= 4 is 5.97 Å². The molecule has 0 unspecified atom stereocenters. The van der Waals surface area contributed by atoms with Gasteiger partial charge in [-0.25, -0.2) is 4.79 Å². The molecule has 0 spiro atoms. The van der Waals surface area contributed by atoms with Crippen LogP contribution in [0, 0.1) is 0 Å². The summed E-state index contributed by atoms with van der Waals surface area (Å²) in [7, 11) is 0. The van der Waals surface area contributed by atoms with Crippen LogP contribution in [0.1, 0.15) is 6.42 Å². The number of carbonyl (C=O) groups excluding carboxylic acids is 1. The molecule has 2 atom stereocenters. The molecule has 0 aromatic heterocycles. The fraction of sp³-hybridized carbons (Fsp3) is 0.625. The molecular formula is C8H10F3NO3. The van der Waals surface area contributed by atoms with E-state index in [-0.39, 0.29) is 13.0 Å². The van der Waals surface area contributed by atoms with E-state index < -0.39 is 24.3 Å². The van der Waals surface area contributed by atoms with Crippen molar-refractivity contribution in [3.63, 3.8) is 0 Å². The Labute approximate surface area is 83.9 Å². The summed E-state index contributed by atoms with van der Waals surface area (Å²) >= 11 is 0. The number of aliphatic hydroxyl groups is 1. The molecule has 1 N–H and O–H groups in total. The number of rotatable bonds is 3. The number of nitrogens with zero attached hydrogens (tertiary/aromatic N) is 1. The summed E-state index contributed by atoms with van der Waals surface area (Å²) in [6.07, 6.45) is -4.11. The van der Waals surface area contributed by atoms with Gasteiger partial charge in [0, 0.05) is 0 Å². The summed E-state index contributed by atoms with van der Waals surface area (Å²) in [6.45, 7) is 3.27. The van der Waals surface area contributed by atoms with Crippen LogP contribution in [0.3, 0.4) is 0 Å². The minimum atomic E-state index is -5.01. The molecule has 0 radical (unpaired) electrons. The lowest BCUT2D eigenvalue weighted by Gasteiger charge is -2.42. The van der Waals surface area contributed by atoms with E-state index in [4.69, 9.17) is 5.11 Å². The highest BCUT2D eigenvalue weighted by Crippen LogP contribution is 2.25. The normalized spacial score (nSPS) is 26.9. The Morgan fingerprint density at radius 2 is 2.27 bits per heavy atom. The Bertz CT molecular complexity index is 266. The van der Waals surface area contributed by atoms with Gasteiger partial charge in [-0.1, -0.05) is 6.08 Å². The Balaban J connectivity index is 2.47. The van der Waals surface area contributed by atoms with Crippen molar-refractivity contribution in [2.45, 2.75) is 24.7 Å². The third-order valence-corrected chi connectivity index (χ3v) is 2.02. The van der Waals surface area contributed by atoms with E-state index in [0.717, 1.165) is 5.06 Å². The van der Waals surface area contributed by atoms with Crippen LogP contribution in [0.15, 0.2) is 12.7 Å². The van der Waals surface area contributed by atoms with Gasteiger partial charge < -0.3 is 9.94 Å². The number of aliphatic hydroxyl groups excluding tert-OH is 1. The van der Waals surface area contributed by atoms with E-state index in [9.17, 15) is 18.0 Å². The lowest BCUT2D eigenvalue weighted by atomic mass is 9.99. The fourth-order valence-corrected chi connectivity index (χ4v) is 1.20. The van der Waals surface area contributed by atoms with Crippen molar-refractivity contribution in [1.82, 2.24) is 5.06 Å². The third kappa shape index (κ3) is 2.69. The molecular weight excluding hydrogens is 215 g/mol. The monoisotopic (exact) mass is 225 g/mol. The van der Waals surface area contributed by atoms with Gasteiger partial charge in [0.25, 0.3) is 0 Å². The van der Waals surface area contributed by atoms with Gasteiger partial charge in [-0.05, 0) is 6.42 Å². The molecule has 0 aliphatic carbocycles. The van der Waals surface area contributed by atoms with Gasteiger partial charge in [0.15, 0.2) is 0 Å². The molecule has 1 heterocycles. The minimum Gasteiger partial charge on any atom is -0.390 e. The molecule has 0 aromatic rings. The van der Waals surface area contributed by atoms with Crippen LogP contribution in [0.2, 0.25) is 0 Å². The molecule has 0 aromatic carbocycles. The molecule has 7 heteroatoms. The number of hydrogen-bond acceptors (Lipinski definition) is 4. The number of β-amino-alcohol motifs (C(OH)–C–C–N with tert-alkyl or cyclic N) is 1. The Morgan fingerprint density at radius 1 is 1.67 bits per heavy atom. The highest BCUT2D eigenvalue weighted by atomic mass is 19.4. The first-order chi connectivity index (χ1) is 6.86. The second kappa shape index (κ2) is 4.19. The highest BCUT2D eigenvalue weighted by molar-refractivity contribution is 5.75. The van der Waals surface area contributed by atoms with Crippen molar-refractivity contribution in [3.8, 4) is 0 Å². The van der Waals surface area contributed by atoms with E-state index in [0.29, 0.717) is 0 Å². The largest absolute Gasteiger partial charge is 0.492 e. The van der Waals surface area contributed by atoms with E-state index in [2.05, 4.69) is 11.4 Å². The van der Waals surface area contributed by atoms with Crippen LogP contribution in [-0.2, 0) is 9.63 Å². The second-order valence-electron chi connectivity index (χ2n) is 3.14. The number of hydroxylamine groups is 2. The topological polar surface area (TPSA) is 49.8 Å². The lowest BCUT2D eigenvalue weighted by molar-refractivity contribution is -0.284. The van der Waals surface area contributed by atoms with Gasteiger partial charge in [-0.15, -0.1) is 11.6 Å². The molecule has 4 nitrogen and oxygen atoms in total. The fourth-order valence-electron chi connectivity index (χ4n) is 1.20. The summed E-state index contributed by atoms with van der Waals surface area (Å²) in [5.74, 6) is -2.27. The molecule has 0 bridgehead atoms. The zero-order valence-corrected chi connectivity index (χ0v) is 7.70. The number of hydrogen-bond donors (Lipinski definition) is 1. The van der Waals surface area contributed by atoms with Gasteiger partial charge in [-0.3, -0.25) is 0 Å². The van der Waals surface area contributed by atoms with Gasteiger partial charge >= 0.3 is 12.1 Å². The van der Waals surface area contributed by atoms with Crippen LogP contribution in [-0.4, -0.2) is 41.0 Å². The molecule has 1 fully saturated rings. The maximum atomic E-state index is 11.8. The van der Waals surface area contributed by atoms with Gasteiger partial charge in [-0.2, -0.15) is 13.2 Å². The SMILES string of the molecule is C=CC[C@H]1[C@@H](O)CN1OC(=O)C(F)(F)F. The van der Waals surface area contributed by atoms with Gasteiger partial charge in [0.2, 0.25) is 0 Å². The van der Waals surface area contributed by atoms with Gasteiger partial charge in [0.1, 0.15) is 0 Å². The average molecular weight is 225 g/mol. The number of halogens is 3. The van der Waals surface area contributed by atoms with Crippen LogP contribution in [0.4, 0.5) is 13.2 Å². The van der Waals surface area contributed by atoms with Crippen LogP contribution >= 0.6 is 0 Å². The number of alkyl halides is 3. The summed E-state index contributed by atoms with van der Waals surface area (Å²) in [5, 5.41) is 9.97. The van der Waals surface area contributed by atoms with Crippen molar-refractivity contribution in [3.05, 3.63) is 12.7 Å². The molecule has 1 rings (SSSR count). The molecule has 0 saturated carbocycles. The average Bonchev–Trinajstić information content (AvgIpc) is 2.12. The molecule has 86 valence electrons. The first kappa shape index (κ1) is 12.0. The molecule has 15 heavy (non-hydrogen) atoms. The highest BCUT2D eigenvalue weighted by Gasteiger charge is 2.47. The van der Waals surface area contributed by atoms with Crippen molar-refractivity contribution in [2.75, 3.05) is 6.54 Å². The predicted molar refractivity (Wildman–Crippen MR) is 43.5 cm³/mol. The molecule has 1 saturated heterocycles. The van der Waals surface area contributed by atoms with Crippen molar-refractivity contribution in [1.29, 1.82) is 0 Å². The van der Waals surface area contributed by atoms with Crippen molar-refractivity contribution in [2.24, 2.45) is 0 Å². The van der Waals surface area contributed by atoms with E-state index in [1.165, 1.54) is 6.08 Å². The zero-order chi connectivity index (χ0) is 11.6. The Morgan fingerprint density at radius 3 is 2.67 bits per heavy atom. The summed E-state index contributed by atoms with van der Waals surface area (Å²) in [4.78, 5) is 14.5. The second-order valence-corrected chi connectivity index (χ2v) is 3.14.